The van der Waals surface area contributed by atoms with Crippen molar-refractivity contribution >= 4 is 5.97 Å². The fourth-order valence-electron chi connectivity index (χ4n) is 2.17. The highest BCUT2D eigenvalue weighted by Crippen LogP contribution is 2.38. The molecule has 0 unspecified atom stereocenters. The van der Waals surface area contributed by atoms with Crippen LogP contribution in [0, 0.1) is 13.8 Å². The molecule has 20 heavy (non-hydrogen) atoms. The molecule has 0 bridgehead atoms. The van der Waals surface area contributed by atoms with E-state index in [1.165, 1.54) is 12.7 Å². The van der Waals surface area contributed by atoms with E-state index in [0.717, 1.165) is 12.0 Å². The number of carboxylic acids is 1. The van der Waals surface area contributed by atoms with Crippen molar-refractivity contribution in [3.8, 4) is 11.5 Å². The fourth-order valence-corrected chi connectivity index (χ4v) is 2.17. The smallest absolute Gasteiger partial charge is 0.339 e. The Morgan fingerprint density at radius 2 is 1.90 bits per heavy atom. The first-order valence-corrected chi connectivity index (χ1v) is 6.62. The van der Waals surface area contributed by atoms with Crippen LogP contribution in [0.5, 0.6) is 11.5 Å². The van der Waals surface area contributed by atoms with Gasteiger partial charge in [0.25, 0.3) is 0 Å². The Kier molecular flexibility index (Phi) is 5.19. The number of hydrogen-bond donors (Lipinski definition) is 2. The second-order valence-corrected chi connectivity index (χ2v) is 4.90. The normalized spacial score (nSPS) is 11.6. The summed E-state index contributed by atoms with van der Waals surface area (Å²) in [5.41, 5.74) is 2.95. The van der Waals surface area contributed by atoms with Crippen molar-refractivity contribution in [2.45, 2.75) is 40.5 Å². The van der Waals surface area contributed by atoms with Crippen molar-refractivity contribution in [1.82, 2.24) is 0 Å². The van der Waals surface area contributed by atoms with Gasteiger partial charge in [-0.05, 0) is 44.7 Å². The first-order valence-electron chi connectivity index (χ1n) is 6.62. The molecule has 0 aliphatic rings. The quantitative estimate of drug-likeness (QED) is 0.807. The zero-order valence-electron chi connectivity index (χ0n) is 12.7. The van der Waals surface area contributed by atoms with Crippen LogP contribution in [-0.2, 0) is 6.42 Å². The highest BCUT2D eigenvalue weighted by molar-refractivity contribution is 5.94. The number of carbonyl (C=O) groups is 1. The van der Waals surface area contributed by atoms with Crippen molar-refractivity contribution < 1.29 is 19.7 Å². The summed E-state index contributed by atoms with van der Waals surface area (Å²) in [4.78, 5) is 11.3. The molecule has 0 spiro atoms. The molecule has 0 aliphatic carbocycles. The molecule has 4 nitrogen and oxygen atoms in total. The maximum absolute atomic E-state index is 11.3. The van der Waals surface area contributed by atoms with Gasteiger partial charge in [0.05, 0.1) is 7.11 Å². The van der Waals surface area contributed by atoms with Gasteiger partial charge in [-0.25, -0.2) is 4.79 Å². The van der Waals surface area contributed by atoms with Crippen LogP contribution in [0.1, 0.15) is 47.3 Å². The molecule has 2 N–H and O–H groups in total. The summed E-state index contributed by atoms with van der Waals surface area (Å²) in [6.07, 6.45) is 3.35. The summed E-state index contributed by atoms with van der Waals surface area (Å²) < 4.78 is 5.36. The predicted octanol–water partition coefficient (Wildman–Crippen LogP) is 3.61. The zero-order chi connectivity index (χ0) is 15.4. The van der Waals surface area contributed by atoms with E-state index < -0.39 is 5.97 Å². The molecule has 0 saturated heterocycles. The number of benzene rings is 1. The average molecular weight is 278 g/mol. The minimum absolute atomic E-state index is 0.0409. The Bertz CT molecular complexity index is 556. The molecular weight excluding hydrogens is 256 g/mol. The summed E-state index contributed by atoms with van der Waals surface area (Å²) >= 11 is 0. The number of allylic oxidation sites excluding steroid dienone is 2. The Labute approximate surface area is 119 Å². The molecule has 0 saturated carbocycles. The number of hydrogen-bond acceptors (Lipinski definition) is 3. The molecule has 1 aromatic rings. The first kappa shape index (κ1) is 16.1. The number of methoxy groups -OCH3 is 1. The van der Waals surface area contributed by atoms with Crippen molar-refractivity contribution in [3.63, 3.8) is 0 Å². The van der Waals surface area contributed by atoms with Crippen molar-refractivity contribution in [3.05, 3.63) is 33.9 Å². The standard InChI is InChI=1S/C16H22O4/c1-6-9(2)7-8-12-14(17)13(16(18)19)10(3)11(4)15(12)20-5/h7,17H,6,8H2,1-5H3,(H,18,19)/b9-7+. The minimum Gasteiger partial charge on any atom is -0.507 e. The van der Waals surface area contributed by atoms with Crippen LogP contribution in [-0.4, -0.2) is 23.3 Å². The van der Waals surface area contributed by atoms with Crippen molar-refractivity contribution in [2.75, 3.05) is 7.11 Å². The number of phenols is 1. The number of aromatic hydroxyl groups is 1. The van der Waals surface area contributed by atoms with Gasteiger partial charge < -0.3 is 14.9 Å². The second kappa shape index (κ2) is 6.46. The van der Waals surface area contributed by atoms with Crippen LogP contribution in [0.25, 0.3) is 0 Å². The number of carboxylic acid groups (broad SMARTS) is 1. The van der Waals surface area contributed by atoms with Crippen LogP contribution in [0.15, 0.2) is 11.6 Å². The van der Waals surface area contributed by atoms with E-state index in [2.05, 4.69) is 0 Å². The SMILES string of the molecule is CC/C(C)=C/Cc1c(O)c(C(=O)O)c(C)c(C)c1OC. The highest BCUT2D eigenvalue weighted by atomic mass is 16.5. The third-order valence-electron chi connectivity index (χ3n) is 3.71. The minimum atomic E-state index is -1.12. The number of aromatic carboxylic acids is 1. The molecule has 110 valence electrons. The lowest BCUT2D eigenvalue weighted by atomic mass is 9.94. The van der Waals surface area contributed by atoms with Gasteiger partial charge in [-0.2, -0.15) is 0 Å². The molecule has 0 aliphatic heterocycles. The monoisotopic (exact) mass is 278 g/mol. The maximum Gasteiger partial charge on any atom is 0.339 e. The lowest BCUT2D eigenvalue weighted by Crippen LogP contribution is -2.07. The van der Waals surface area contributed by atoms with E-state index >= 15 is 0 Å². The summed E-state index contributed by atoms with van der Waals surface area (Å²) in [7, 11) is 1.53. The Balaban J connectivity index is 3.52. The van der Waals surface area contributed by atoms with Crippen LogP contribution in [0.4, 0.5) is 0 Å². The molecule has 0 amide bonds. The lowest BCUT2D eigenvalue weighted by molar-refractivity contribution is 0.0692. The highest BCUT2D eigenvalue weighted by Gasteiger charge is 2.23. The van der Waals surface area contributed by atoms with E-state index in [1.807, 2.05) is 19.9 Å². The topological polar surface area (TPSA) is 66.8 Å². The van der Waals surface area contributed by atoms with Crippen LogP contribution in [0.2, 0.25) is 0 Å². The molecule has 1 rings (SSSR count). The Morgan fingerprint density at radius 3 is 2.35 bits per heavy atom. The molecule has 4 heteroatoms. The largest absolute Gasteiger partial charge is 0.507 e. The average Bonchev–Trinajstić information content (AvgIpc) is 2.40. The van der Waals surface area contributed by atoms with Crippen LogP contribution in [0.3, 0.4) is 0 Å². The van der Waals surface area contributed by atoms with Gasteiger partial charge in [0.2, 0.25) is 0 Å². The van der Waals surface area contributed by atoms with Crippen molar-refractivity contribution in [1.29, 1.82) is 0 Å². The van der Waals surface area contributed by atoms with Crippen LogP contribution < -0.4 is 4.74 Å². The van der Waals surface area contributed by atoms with Crippen molar-refractivity contribution in [2.24, 2.45) is 0 Å². The van der Waals surface area contributed by atoms with Gasteiger partial charge in [0.1, 0.15) is 17.1 Å². The summed E-state index contributed by atoms with van der Waals surface area (Å²) in [6.45, 7) is 7.53. The molecule has 0 heterocycles. The van der Waals surface area contributed by atoms with E-state index in [9.17, 15) is 15.0 Å². The van der Waals surface area contributed by atoms with Gasteiger partial charge in [-0.3, -0.25) is 0 Å². The zero-order valence-corrected chi connectivity index (χ0v) is 12.7. The van der Waals surface area contributed by atoms with E-state index in [4.69, 9.17) is 4.74 Å². The molecule has 0 atom stereocenters. The third kappa shape index (κ3) is 2.95. The predicted molar refractivity (Wildman–Crippen MR) is 78.8 cm³/mol. The lowest BCUT2D eigenvalue weighted by Gasteiger charge is -2.17. The molecular formula is C16H22O4. The first-order chi connectivity index (χ1) is 9.34. The van der Waals surface area contributed by atoms with Gasteiger partial charge in [0.15, 0.2) is 0 Å². The van der Waals surface area contributed by atoms with Gasteiger partial charge in [0, 0.05) is 5.56 Å². The molecule has 1 aromatic carbocycles. The Hall–Kier alpha value is -1.97. The van der Waals surface area contributed by atoms with E-state index in [1.54, 1.807) is 13.8 Å². The van der Waals surface area contributed by atoms with E-state index in [-0.39, 0.29) is 11.3 Å². The maximum atomic E-state index is 11.3. The second-order valence-electron chi connectivity index (χ2n) is 4.90. The third-order valence-corrected chi connectivity index (χ3v) is 3.71. The molecule has 0 aromatic heterocycles. The number of rotatable bonds is 5. The Morgan fingerprint density at radius 1 is 1.30 bits per heavy atom. The number of ether oxygens (including phenoxy) is 1. The summed E-state index contributed by atoms with van der Waals surface area (Å²) in [5.74, 6) is -0.758. The van der Waals surface area contributed by atoms with Gasteiger partial charge in [-0.15, -0.1) is 0 Å². The summed E-state index contributed by atoms with van der Waals surface area (Å²) in [5, 5.41) is 19.5. The fraction of sp³-hybridized carbons (Fsp3) is 0.438. The van der Waals surface area contributed by atoms with Crippen LogP contribution >= 0.6 is 0 Å². The van der Waals surface area contributed by atoms with Gasteiger partial charge >= 0.3 is 5.97 Å². The molecule has 0 radical (unpaired) electrons. The van der Waals surface area contributed by atoms with Gasteiger partial charge in [-0.1, -0.05) is 18.6 Å². The molecule has 0 fully saturated rings. The van der Waals surface area contributed by atoms with E-state index in [0.29, 0.717) is 23.3 Å². The summed E-state index contributed by atoms with van der Waals surface area (Å²) in [6, 6.07) is 0.